The lowest BCUT2D eigenvalue weighted by Gasteiger charge is -2.17. The molecule has 0 bridgehead atoms. The molecule has 45 heavy (non-hydrogen) atoms. The highest BCUT2D eigenvalue weighted by Gasteiger charge is 2.30. The van der Waals surface area contributed by atoms with Crippen LogP contribution in [0.5, 0.6) is 0 Å². The van der Waals surface area contributed by atoms with Crippen LogP contribution in [0.1, 0.15) is 16.7 Å². The van der Waals surface area contributed by atoms with Crippen molar-refractivity contribution in [2.75, 3.05) is 12.9 Å². The van der Waals surface area contributed by atoms with Crippen LogP contribution < -0.4 is 5.32 Å². The van der Waals surface area contributed by atoms with Gasteiger partial charge in [0.1, 0.15) is 17.2 Å². The maximum Gasteiger partial charge on any atom is 0.416 e. The molecule has 5 aromatic carbocycles. The lowest BCUT2D eigenvalue weighted by Crippen LogP contribution is -2.39. The Morgan fingerprint density at radius 1 is 0.778 bits per heavy atom. The first-order chi connectivity index (χ1) is 21.8. The van der Waals surface area contributed by atoms with E-state index in [1.54, 1.807) is 11.8 Å². The number of para-hydroxylation sites is 2. The van der Waals surface area contributed by atoms with Gasteiger partial charge in [-0.25, -0.2) is 0 Å². The monoisotopic (exact) mass is 625 g/mol. The minimum atomic E-state index is -4.38. The van der Waals surface area contributed by atoms with Gasteiger partial charge < -0.3 is 9.15 Å². The molecule has 0 spiro atoms. The molecule has 1 N–H and O–H groups in total. The average molecular weight is 626 g/mol. The van der Waals surface area contributed by atoms with E-state index in [9.17, 15) is 18.0 Å². The first kappa shape index (κ1) is 30.5. The number of ether oxygens (including phenoxy) is 1. The number of fused-ring (bicyclic) bond motifs is 3. The van der Waals surface area contributed by atoms with E-state index in [1.165, 1.54) is 19.2 Å². The summed E-state index contributed by atoms with van der Waals surface area (Å²) < 4.78 is 49.7. The van der Waals surface area contributed by atoms with Crippen molar-refractivity contribution >= 4 is 39.7 Å². The molecule has 0 aliphatic carbocycles. The van der Waals surface area contributed by atoms with Gasteiger partial charge in [-0.3, -0.25) is 10.1 Å². The number of halogens is 3. The number of alkyl halides is 3. The molecule has 0 aliphatic heterocycles. The lowest BCUT2D eigenvalue weighted by molar-refractivity contribution is -0.142. The number of hydrogen-bond acceptors (Lipinski definition) is 5. The van der Waals surface area contributed by atoms with Crippen LogP contribution >= 0.6 is 11.8 Å². The van der Waals surface area contributed by atoms with E-state index in [0.717, 1.165) is 61.9 Å². The summed E-state index contributed by atoms with van der Waals surface area (Å²) in [7, 11) is 1.32. The molecule has 6 aromatic rings. The molecule has 1 heterocycles. The Kier molecular flexibility index (Phi) is 8.96. The number of thioether (sulfide) groups is 1. The highest BCUT2D eigenvalue weighted by Crippen LogP contribution is 2.36. The van der Waals surface area contributed by atoms with E-state index < -0.39 is 23.8 Å². The molecule has 1 aromatic heterocycles. The van der Waals surface area contributed by atoms with Crippen LogP contribution in [0.25, 0.3) is 44.2 Å². The fourth-order valence-corrected chi connectivity index (χ4v) is 6.35. The number of benzene rings is 5. The van der Waals surface area contributed by atoms with Gasteiger partial charge in [0.25, 0.3) is 0 Å². The highest BCUT2D eigenvalue weighted by atomic mass is 32.2. The number of hydrogen-bond donors (Lipinski definition) is 1. The predicted octanol–water partition coefficient (Wildman–Crippen LogP) is 9.50. The van der Waals surface area contributed by atoms with Gasteiger partial charge in [-0.05, 0) is 46.0 Å². The van der Waals surface area contributed by atoms with Crippen molar-refractivity contribution in [1.29, 1.82) is 0 Å². The molecule has 1 atom stereocenters. The van der Waals surface area contributed by atoms with Gasteiger partial charge >= 0.3 is 12.1 Å². The number of esters is 1. The Balaban J connectivity index is 1.06. The number of methoxy groups -OCH3 is 1. The van der Waals surface area contributed by atoms with Gasteiger partial charge in [-0.1, -0.05) is 97.1 Å². The average Bonchev–Trinajstić information content (AvgIpc) is 3.45. The van der Waals surface area contributed by atoms with E-state index >= 15 is 0 Å². The molecule has 0 aliphatic rings. The highest BCUT2D eigenvalue weighted by molar-refractivity contribution is 7.98. The third-order valence-corrected chi connectivity index (χ3v) is 8.87. The molecule has 6 rings (SSSR count). The molecule has 4 nitrogen and oxygen atoms in total. The topological polar surface area (TPSA) is 51.5 Å². The van der Waals surface area contributed by atoms with E-state index in [1.807, 2.05) is 18.2 Å². The molecule has 0 saturated carbocycles. The fourth-order valence-electron chi connectivity index (χ4n) is 5.31. The van der Waals surface area contributed by atoms with Crippen LogP contribution in [0.2, 0.25) is 0 Å². The van der Waals surface area contributed by atoms with E-state index in [0.29, 0.717) is 17.1 Å². The van der Waals surface area contributed by atoms with Crippen molar-refractivity contribution in [2.45, 2.75) is 24.5 Å². The number of nitrogens with one attached hydrogen (secondary N) is 1. The van der Waals surface area contributed by atoms with Crippen molar-refractivity contribution in [3.63, 3.8) is 0 Å². The predicted molar refractivity (Wildman–Crippen MR) is 175 cm³/mol. The van der Waals surface area contributed by atoms with Crippen molar-refractivity contribution in [1.82, 2.24) is 5.32 Å². The summed E-state index contributed by atoms with van der Waals surface area (Å²) >= 11 is 1.58. The van der Waals surface area contributed by atoms with Gasteiger partial charge in [0.15, 0.2) is 0 Å². The second-order valence-corrected chi connectivity index (χ2v) is 11.8. The molecule has 228 valence electrons. The Labute approximate surface area is 263 Å². The molecule has 8 heteroatoms. The second-order valence-electron chi connectivity index (χ2n) is 10.7. The SMILES string of the molecule is COC(=O)C(CSCc1ccc(-c2ccc(-c3cccc4c3oc3ccccc34)cc2)cc1)NCc1ccc(C(F)(F)F)cc1. The van der Waals surface area contributed by atoms with Crippen molar-refractivity contribution in [3.05, 3.63) is 132 Å². The zero-order valence-electron chi connectivity index (χ0n) is 24.4. The number of rotatable bonds is 10. The summed E-state index contributed by atoms with van der Waals surface area (Å²) in [5, 5.41) is 5.33. The Hall–Kier alpha value is -4.53. The normalized spacial score (nSPS) is 12.4. The maximum absolute atomic E-state index is 12.8. The molecular weight excluding hydrogens is 595 g/mol. The van der Waals surface area contributed by atoms with Crippen molar-refractivity contribution in [2.24, 2.45) is 0 Å². The van der Waals surface area contributed by atoms with Gasteiger partial charge in [0.2, 0.25) is 0 Å². The third kappa shape index (κ3) is 6.92. The molecule has 0 radical (unpaired) electrons. The molecule has 0 fully saturated rings. The van der Waals surface area contributed by atoms with Crippen molar-refractivity contribution in [3.8, 4) is 22.3 Å². The zero-order chi connectivity index (χ0) is 31.4. The van der Waals surface area contributed by atoms with Gasteiger partial charge in [-0.15, -0.1) is 0 Å². The van der Waals surface area contributed by atoms with Crippen molar-refractivity contribution < 1.29 is 27.1 Å². The summed E-state index contributed by atoms with van der Waals surface area (Å²) in [6, 6.07) is 35.4. The molecule has 0 amide bonds. The Morgan fingerprint density at radius 3 is 2.09 bits per heavy atom. The quantitative estimate of drug-likeness (QED) is 0.154. The van der Waals surface area contributed by atoms with Crippen LogP contribution in [0.4, 0.5) is 13.2 Å². The largest absolute Gasteiger partial charge is 0.468 e. The first-order valence-electron chi connectivity index (χ1n) is 14.5. The summed E-state index contributed by atoms with van der Waals surface area (Å²) in [4.78, 5) is 12.3. The number of furan rings is 1. The number of carbonyl (C=O) groups excluding carboxylic acids is 1. The standard InChI is InChI=1S/C37H30F3NO3S/c1-43-36(42)33(41-21-24-11-19-29(20-12-24)37(38,39)40)23-45-22-25-9-13-26(14-10-25)27-15-17-28(18-16-27)30-6-4-7-32-31-5-2-3-8-34(31)44-35(30)32/h2-20,33,41H,21-23H2,1H3. The third-order valence-electron chi connectivity index (χ3n) is 7.76. The minimum Gasteiger partial charge on any atom is -0.468 e. The van der Waals surface area contributed by atoms with Crippen LogP contribution in [0, 0.1) is 0 Å². The van der Waals surface area contributed by atoms with Crippen LogP contribution in [-0.4, -0.2) is 24.9 Å². The molecule has 1 unspecified atom stereocenters. The van der Waals surface area contributed by atoms with E-state index in [4.69, 9.17) is 9.15 Å². The Bertz CT molecular complexity index is 1910. The summed E-state index contributed by atoms with van der Waals surface area (Å²) in [6.45, 7) is 0.249. The van der Waals surface area contributed by atoms with E-state index in [-0.39, 0.29) is 6.54 Å². The molecule has 0 saturated heterocycles. The van der Waals surface area contributed by atoms with Crippen LogP contribution in [0.15, 0.2) is 120 Å². The second kappa shape index (κ2) is 13.2. The fraction of sp³-hybridized carbons (Fsp3) is 0.162. The maximum atomic E-state index is 12.8. The van der Waals surface area contributed by atoms with Crippen LogP contribution in [0.3, 0.4) is 0 Å². The smallest absolute Gasteiger partial charge is 0.416 e. The Morgan fingerprint density at radius 2 is 1.40 bits per heavy atom. The van der Waals surface area contributed by atoms with Gasteiger partial charge in [-0.2, -0.15) is 24.9 Å². The summed E-state index contributed by atoms with van der Waals surface area (Å²) in [5.74, 6) is 0.731. The van der Waals surface area contributed by atoms with Gasteiger partial charge in [0.05, 0.1) is 12.7 Å². The number of carbonyl (C=O) groups is 1. The zero-order valence-corrected chi connectivity index (χ0v) is 25.3. The van der Waals surface area contributed by atoms with E-state index in [2.05, 4.69) is 78.1 Å². The lowest BCUT2D eigenvalue weighted by atomic mass is 9.98. The van der Waals surface area contributed by atoms with Crippen LogP contribution in [-0.2, 0) is 28.0 Å². The minimum absolute atomic E-state index is 0.249. The summed E-state index contributed by atoms with van der Waals surface area (Å²) in [6.07, 6.45) is -4.38. The molecular formula is C37H30F3NO3S. The van der Waals surface area contributed by atoms with Gasteiger partial charge in [0, 0.05) is 34.4 Å². The summed E-state index contributed by atoms with van der Waals surface area (Å²) in [5.41, 5.74) is 7.18. The first-order valence-corrected chi connectivity index (χ1v) is 15.6.